The maximum atomic E-state index is 11.8. The molecule has 1 radical (unpaired) electrons. The lowest BCUT2D eigenvalue weighted by Gasteiger charge is -2.23. The second kappa shape index (κ2) is 3.92. The van der Waals surface area contributed by atoms with Gasteiger partial charge in [0.25, 0.3) is 0 Å². The summed E-state index contributed by atoms with van der Waals surface area (Å²) in [6.45, 7) is 1.64. The molecule has 0 bridgehead atoms. The standard InChI is InChI=1S/C10H13N2O2/c13-7-8-5-11-6-9(10(8)14)12-3-1-2-4-12/h5,8,13H,1-4,7H2. The fourth-order valence-electron chi connectivity index (χ4n) is 1.78. The summed E-state index contributed by atoms with van der Waals surface area (Å²) in [4.78, 5) is 17.6. The molecule has 0 aromatic heterocycles. The molecule has 0 aromatic carbocycles. The summed E-state index contributed by atoms with van der Waals surface area (Å²) in [5.41, 5.74) is 0.545. The number of Topliss-reactive ketones (excluding diaryl/α,β-unsaturated/α-hetero) is 1. The van der Waals surface area contributed by atoms with E-state index in [2.05, 4.69) is 11.2 Å². The minimum Gasteiger partial charge on any atom is -0.395 e. The highest BCUT2D eigenvalue weighted by molar-refractivity contribution is 6.06. The molecule has 1 unspecified atom stereocenters. The zero-order valence-corrected chi connectivity index (χ0v) is 7.94. The van der Waals surface area contributed by atoms with Crippen LogP contribution in [-0.4, -0.2) is 41.7 Å². The van der Waals surface area contributed by atoms with E-state index in [9.17, 15) is 4.79 Å². The van der Waals surface area contributed by atoms with Gasteiger partial charge in [-0.1, -0.05) is 0 Å². The molecule has 75 valence electrons. The number of allylic oxidation sites excluding steroid dienone is 1. The summed E-state index contributed by atoms with van der Waals surface area (Å²) >= 11 is 0. The first-order chi connectivity index (χ1) is 6.83. The van der Waals surface area contributed by atoms with Gasteiger partial charge in [-0.3, -0.25) is 9.79 Å². The Hall–Kier alpha value is -1.16. The zero-order valence-electron chi connectivity index (χ0n) is 7.94. The van der Waals surface area contributed by atoms with E-state index in [0.717, 1.165) is 25.9 Å². The first-order valence-electron chi connectivity index (χ1n) is 4.89. The average molecular weight is 193 g/mol. The summed E-state index contributed by atoms with van der Waals surface area (Å²) in [6.07, 6.45) is 6.42. The van der Waals surface area contributed by atoms with Gasteiger partial charge < -0.3 is 10.0 Å². The Kier molecular flexibility index (Phi) is 2.63. The Morgan fingerprint density at radius 3 is 2.93 bits per heavy atom. The van der Waals surface area contributed by atoms with Crippen LogP contribution in [0.25, 0.3) is 0 Å². The third-order valence-corrected chi connectivity index (χ3v) is 2.61. The molecule has 4 heteroatoms. The summed E-state index contributed by atoms with van der Waals surface area (Å²) in [7, 11) is 0. The molecule has 0 saturated carbocycles. The Morgan fingerprint density at radius 2 is 2.29 bits per heavy atom. The van der Waals surface area contributed by atoms with E-state index >= 15 is 0 Å². The van der Waals surface area contributed by atoms with Crippen molar-refractivity contribution in [2.24, 2.45) is 10.9 Å². The fourth-order valence-corrected chi connectivity index (χ4v) is 1.78. The van der Waals surface area contributed by atoms with E-state index in [1.54, 1.807) is 0 Å². The van der Waals surface area contributed by atoms with Crippen LogP contribution in [0.2, 0.25) is 0 Å². The number of aliphatic imine (C=N–C) groups is 1. The van der Waals surface area contributed by atoms with E-state index in [0.29, 0.717) is 5.70 Å². The van der Waals surface area contributed by atoms with Crippen LogP contribution in [0.1, 0.15) is 12.8 Å². The van der Waals surface area contributed by atoms with Gasteiger partial charge in [0.05, 0.1) is 12.5 Å². The molecule has 0 aromatic rings. The van der Waals surface area contributed by atoms with Crippen LogP contribution < -0.4 is 0 Å². The molecule has 1 N–H and O–H groups in total. The van der Waals surface area contributed by atoms with E-state index in [1.165, 1.54) is 6.21 Å². The Labute approximate surface area is 82.9 Å². The van der Waals surface area contributed by atoms with Crippen molar-refractivity contribution in [1.82, 2.24) is 4.90 Å². The van der Waals surface area contributed by atoms with E-state index < -0.39 is 5.92 Å². The summed E-state index contributed by atoms with van der Waals surface area (Å²) in [6, 6.07) is 0. The molecule has 0 aliphatic carbocycles. The Balaban J connectivity index is 2.14. The second-order valence-electron chi connectivity index (χ2n) is 3.59. The molecular formula is C10H13N2O2. The summed E-state index contributed by atoms with van der Waals surface area (Å²) < 4.78 is 0. The lowest BCUT2D eigenvalue weighted by atomic mass is 10.0. The maximum absolute atomic E-state index is 11.8. The van der Waals surface area contributed by atoms with Gasteiger partial charge in [0.2, 0.25) is 0 Å². The van der Waals surface area contributed by atoms with Crippen molar-refractivity contribution in [1.29, 1.82) is 0 Å². The molecule has 2 heterocycles. The number of hydrogen-bond acceptors (Lipinski definition) is 4. The van der Waals surface area contributed by atoms with Crippen molar-refractivity contribution in [2.45, 2.75) is 12.8 Å². The van der Waals surface area contributed by atoms with Gasteiger partial charge in [-0.25, -0.2) is 0 Å². The third kappa shape index (κ3) is 1.57. The average Bonchev–Trinajstić information content (AvgIpc) is 2.71. The van der Waals surface area contributed by atoms with Crippen LogP contribution in [0.3, 0.4) is 0 Å². The van der Waals surface area contributed by atoms with Gasteiger partial charge >= 0.3 is 0 Å². The third-order valence-electron chi connectivity index (χ3n) is 2.61. The Bertz CT molecular complexity index is 290. The Morgan fingerprint density at radius 1 is 1.57 bits per heavy atom. The van der Waals surface area contributed by atoms with Crippen molar-refractivity contribution < 1.29 is 9.90 Å². The van der Waals surface area contributed by atoms with Crippen LogP contribution in [0.5, 0.6) is 0 Å². The fraction of sp³-hybridized carbons (Fsp3) is 0.600. The molecule has 14 heavy (non-hydrogen) atoms. The number of nitrogens with zero attached hydrogens (tertiary/aromatic N) is 2. The number of carbonyl (C=O) groups is 1. The van der Waals surface area contributed by atoms with Crippen molar-refractivity contribution in [2.75, 3.05) is 19.7 Å². The van der Waals surface area contributed by atoms with Gasteiger partial charge in [0.1, 0.15) is 11.9 Å². The normalized spacial score (nSPS) is 26.9. The highest BCUT2D eigenvalue weighted by Crippen LogP contribution is 2.19. The number of likely N-dealkylation sites (tertiary alicyclic amines) is 1. The molecule has 1 atom stereocenters. The lowest BCUT2D eigenvalue weighted by Crippen LogP contribution is -2.33. The van der Waals surface area contributed by atoms with E-state index in [4.69, 9.17) is 5.11 Å². The van der Waals surface area contributed by atoms with E-state index in [1.807, 2.05) is 4.90 Å². The predicted molar refractivity (Wildman–Crippen MR) is 51.6 cm³/mol. The molecule has 2 aliphatic heterocycles. The number of ketones is 1. The van der Waals surface area contributed by atoms with Crippen LogP contribution in [0.15, 0.2) is 10.7 Å². The summed E-state index contributed by atoms with van der Waals surface area (Å²) in [5, 5.41) is 8.95. The molecule has 1 saturated heterocycles. The van der Waals surface area contributed by atoms with Crippen LogP contribution in [0, 0.1) is 12.1 Å². The van der Waals surface area contributed by atoms with Crippen LogP contribution >= 0.6 is 0 Å². The number of aliphatic hydroxyl groups is 1. The van der Waals surface area contributed by atoms with E-state index in [-0.39, 0.29) is 12.4 Å². The molecule has 2 aliphatic rings. The highest BCUT2D eigenvalue weighted by Gasteiger charge is 2.28. The van der Waals surface area contributed by atoms with Crippen LogP contribution in [-0.2, 0) is 4.79 Å². The maximum Gasteiger partial charge on any atom is 0.191 e. The van der Waals surface area contributed by atoms with Gasteiger partial charge in [-0.2, -0.15) is 0 Å². The van der Waals surface area contributed by atoms with Gasteiger partial charge in [-0.05, 0) is 12.8 Å². The number of aliphatic hydroxyl groups excluding tert-OH is 1. The minimum absolute atomic E-state index is 0.0515. The minimum atomic E-state index is -0.466. The molecular weight excluding hydrogens is 180 g/mol. The lowest BCUT2D eigenvalue weighted by molar-refractivity contribution is -0.119. The largest absolute Gasteiger partial charge is 0.395 e. The predicted octanol–water partition coefficient (Wildman–Crippen LogP) is -0.0112. The summed E-state index contributed by atoms with van der Waals surface area (Å²) in [5.74, 6) is -0.517. The number of carbonyl (C=O) groups excluding carboxylic acids is 1. The second-order valence-corrected chi connectivity index (χ2v) is 3.59. The first kappa shape index (κ1) is 9.40. The number of rotatable bonds is 2. The zero-order chi connectivity index (χ0) is 9.97. The molecule has 0 amide bonds. The smallest absolute Gasteiger partial charge is 0.191 e. The molecule has 1 fully saturated rings. The SMILES string of the molecule is O=C1C(N2CCCC2)=[C]N=CC1CO. The quantitative estimate of drug-likeness (QED) is 0.671. The van der Waals surface area contributed by atoms with Gasteiger partial charge in [0, 0.05) is 19.3 Å². The first-order valence-corrected chi connectivity index (χ1v) is 4.89. The molecule has 0 spiro atoms. The van der Waals surface area contributed by atoms with Crippen molar-refractivity contribution in [3.63, 3.8) is 0 Å². The van der Waals surface area contributed by atoms with Crippen molar-refractivity contribution in [3.8, 4) is 0 Å². The topological polar surface area (TPSA) is 52.9 Å². The van der Waals surface area contributed by atoms with Gasteiger partial charge in [-0.15, -0.1) is 0 Å². The molecule has 2 rings (SSSR count). The molecule has 4 nitrogen and oxygen atoms in total. The van der Waals surface area contributed by atoms with Crippen molar-refractivity contribution >= 4 is 12.0 Å². The van der Waals surface area contributed by atoms with Crippen LogP contribution in [0.4, 0.5) is 0 Å². The number of hydrogen-bond donors (Lipinski definition) is 1. The highest BCUT2D eigenvalue weighted by atomic mass is 16.3. The van der Waals surface area contributed by atoms with Crippen molar-refractivity contribution in [3.05, 3.63) is 11.9 Å². The monoisotopic (exact) mass is 193 g/mol. The van der Waals surface area contributed by atoms with Gasteiger partial charge in [0.15, 0.2) is 5.78 Å².